The van der Waals surface area contributed by atoms with Crippen molar-refractivity contribution < 1.29 is 14.3 Å². The van der Waals surface area contributed by atoms with E-state index in [1.165, 1.54) is 12.5 Å². The Morgan fingerprint density at radius 3 is 2.54 bits per heavy atom. The summed E-state index contributed by atoms with van der Waals surface area (Å²) >= 11 is 0. The molecule has 2 fully saturated rings. The predicted octanol–water partition coefficient (Wildman–Crippen LogP) is 2.73. The SMILES string of the molecule is CC(=O)c1[nH]c(C)c(C(=O)N2CCN3[C@@H](COC[C@@H]3c3ccccc3)C2)c1C. The number of benzene rings is 1. The molecular formula is C22H27N3O3. The molecule has 0 radical (unpaired) electrons. The lowest BCUT2D eigenvalue weighted by molar-refractivity contribution is -0.0770. The van der Waals surface area contributed by atoms with Crippen LogP contribution < -0.4 is 0 Å². The molecule has 148 valence electrons. The number of hydrogen-bond acceptors (Lipinski definition) is 4. The molecule has 1 aromatic carbocycles. The van der Waals surface area contributed by atoms with Gasteiger partial charge in [0.1, 0.15) is 0 Å². The van der Waals surface area contributed by atoms with Gasteiger partial charge in [-0.05, 0) is 25.0 Å². The van der Waals surface area contributed by atoms with Crippen LogP contribution in [0, 0.1) is 13.8 Å². The Hall–Kier alpha value is -2.44. The summed E-state index contributed by atoms with van der Waals surface area (Å²) in [7, 11) is 0. The number of H-pyrrole nitrogens is 1. The van der Waals surface area contributed by atoms with Gasteiger partial charge in [0, 0.05) is 32.3 Å². The average Bonchev–Trinajstić information content (AvgIpc) is 3.01. The van der Waals surface area contributed by atoms with E-state index in [4.69, 9.17) is 4.74 Å². The van der Waals surface area contributed by atoms with Gasteiger partial charge in [-0.3, -0.25) is 14.5 Å². The molecule has 2 saturated heterocycles. The molecule has 0 saturated carbocycles. The number of ether oxygens (including phenoxy) is 1. The normalized spacial score (nSPS) is 22.8. The molecule has 2 aliphatic rings. The lowest BCUT2D eigenvalue weighted by Crippen LogP contribution is -2.60. The third kappa shape index (κ3) is 3.27. The van der Waals surface area contributed by atoms with Gasteiger partial charge in [-0.1, -0.05) is 30.3 Å². The lowest BCUT2D eigenvalue weighted by atomic mass is 9.99. The van der Waals surface area contributed by atoms with Crippen molar-refractivity contribution in [3.05, 3.63) is 58.4 Å². The van der Waals surface area contributed by atoms with Crippen LogP contribution in [0.15, 0.2) is 30.3 Å². The number of Topliss-reactive ketones (excluding diaryl/α,β-unsaturated/α-hetero) is 1. The zero-order valence-electron chi connectivity index (χ0n) is 16.7. The van der Waals surface area contributed by atoms with Crippen molar-refractivity contribution in [2.45, 2.75) is 32.9 Å². The summed E-state index contributed by atoms with van der Waals surface area (Å²) in [5, 5.41) is 0. The van der Waals surface area contributed by atoms with Gasteiger partial charge >= 0.3 is 0 Å². The Balaban J connectivity index is 1.53. The smallest absolute Gasteiger partial charge is 0.256 e. The summed E-state index contributed by atoms with van der Waals surface area (Å²) in [5.74, 6) is -0.0453. The van der Waals surface area contributed by atoms with Crippen LogP contribution >= 0.6 is 0 Å². The van der Waals surface area contributed by atoms with Crippen molar-refractivity contribution in [1.29, 1.82) is 0 Å². The largest absolute Gasteiger partial charge is 0.378 e. The van der Waals surface area contributed by atoms with E-state index in [9.17, 15) is 9.59 Å². The van der Waals surface area contributed by atoms with E-state index in [0.29, 0.717) is 37.6 Å². The van der Waals surface area contributed by atoms with Crippen LogP contribution in [0.5, 0.6) is 0 Å². The number of hydrogen-bond donors (Lipinski definition) is 1. The molecule has 2 atom stereocenters. The van der Waals surface area contributed by atoms with Gasteiger partial charge < -0.3 is 14.6 Å². The van der Waals surface area contributed by atoms with E-state index in [2.05, 4.69) is 34.1 Å². The molecule has 1 aromatic heterocycles. The second-order valence-electron chi connectivity index (χ2n) is 7.79. The number of ketones is 1. The molecule has 0 spiro atoms. The molecule has 2 aromatic rings. The number of carbonyl (C=O) groups is 2. The highest BCUT2D eigenvalue weighted by Crippen LogP contribution is 2.30. The molecule has 3 heterocycles. The average molecular weight is 381 g/mol. The molecule has 6 nitrogen and oxygen atoms in total. The highest BCUT2D eigenvalue weighted by atomic mass is 16.5. The topological polar surface area (TPSA) is 65.6 Å². The maximum absolute atomic E-state index is 13.2. The van der Waals surface area contributed by atoms with Gasteiger partial charge in [0.2, 0.25) is 0 Å². The summed E-state index contributed by atoms with van der Waals surface area (Å²) in [6, 6.07) is 10.8. The Kier molecular flexibility index (Phi) is 5.08. The first-order valence-electron chi connectivity index (χ1n) is 9.85. The molecule has 0 unspecified atom stereocenters. The van der Waals surface area contributed by atoms with Crippen molar-refractivity contribution in [2.24, 2.45) is 0 Å². The maximum Gasteiger partial charge on any atom is 0.256 e. The highest BCUT2D eigenvalue weighted by molar-refractivity contribution is 6.02. The van der Waals surface area contributed by atoms with Crippen LogP contribution in [-0.4, -0.2) is 65.4 Å². The van der Waals surface area contributed by atoms with E-state index in [-0.39, 0.29) is 23.8 Å². The summed E-state index contributed by atoms with van der Waals surface area (Å²) < 4.78 is 5.89. The van der Waals surface area contributed by atoms with Crippen molar-refractivity contribution in [2.75, 3.05) is 32.8 Å². The number of aromatic nitrogens is 1. The van der Waals surface area contributed by atoms with Gasteiger partial charge in [-0.15, -0.1) is 0 Å². The highest BCUT2D eigenvalue weighted by Gasteiger charge is 2.38. The third-order valence-corrected chi connectivity index (χ3v) is 5.99. The Morgan fingerprint density at radius 2 is 1.86 bits per heavy atom. The van der Waals surface area contributed by atoms with E-state index >= 15 is 0 Å². The first-order valence-corrected chi connectivity index (χ1v) is 9.85. The number of rotatable bonds is 3. The first-order chi connectivity index (χ1) is 13.5. The summed E-state index contributed by atoms with van der Waals surface area (Å²) in [6.07, 6.45) is 0. The zero-order chi connectivity index (χ0) is 19.8. The monoisotopic (exact) mass is 381 g/mol. The van der Waals surface area contributed by atoms with Gasteiger partial charge in [0.05, 0.1) is 36.6 Å². The van der Waals surface area contributed by atoms with E-state index in [1.807, 2.05) is 24.8 Å². The predicted molar refractivity (Wildman–Crippen MR) is 107 cm³/mol. The van der Waals surface area contributed by atoms with Gasteiger partial charge in [-0.25, -0.2) is 0 Å². The number of piperazine rings is 1. The summed E-state index contributed by atoms with van der Waals surface area (Å²) in [4.78, 5) is 32.5. The molecule has 28 heavy (non-hydrogen) atoms. The molecule has 0 aliphatic carbocycles. The number of morpholine rings is 1. The standard InChI is InChI=1S/C22H27N3O3/c1-14-20(15(2)23-21(14)16(3)26)22(27)24-9-10-25-18(11-24)12-28-13-19(25)17-7-5-4-6-8-17/h4-8,18-19,23H,9-13H2,1-3H3/t18-,19-/m1/s1. The second-order valence-corrected chi connectivity index (χ2v) is 7.79. The number of nitrogens with zero attached hydrogens (tertiary/aromatic N) is 2. The number of amides is 1. The van der Waals surface area contributed by atoms with Crippen molar-refractivity contribution in [3.8, 4) is 0 Å². The molecule has 0 bridgehead atoms. The zero-order valence-corrected chi connectivity index (χ0v) is 16.7. The number of carbonyl (C=O) groups excluding carboxylic acids is 2. The van der Waals surface area contributed by atoms with Crippen molar-refractivity contribution >= 4 is 11.7 Å². The summed E-state index contributed by atoms with van der Waals surface area (Å²) in [6.45, 7) is 8.69. The minimum atomic E-state index is -0.0455. The lowest BCUT2D eigenvalue weighted by Gasteiger charge is -2.48. The molecule has 2 aliphatic heterocycles. The minimum absolute atomic E-state index is 0.000217. The van der Waals surface area contributed by atoms with Crippen molar-refractivity contribution in [3.63, 3.8) is 0 Å². The summed E-state index contributed by atoms with van der Waals surface area (Å²) in [5.41, 5.74) is 3.94. The van der Waals surface area contributed by atoms with Crippen LogP contribution in [-0.2, 0) is 4.74 Å². The maximum atomic E-state index is 13.2. The molecule has 6 heteroatoms. The fourth-order valence-corrected chi connectivity index (χ4v) is 4.57. The van der Waals surface area contributed by atoms with E-state index in [0.717, 1.165) is 17.8 Å². The van der Waals surface area contributed by atoms with Crippen LogP contribution in [0.3, 0.4) is 0 Å². The van der Waals surface area contributed by atoms with Crippen LogP contribution in [0.1, 0.15) is 50.6 Å². The fraction of sp³-hybridized carbons (Fsp3) is 0.455. The number of nitrogens with one attached hydrogen (secondary N) is 1. The molecular weight excluding hydrogens is 354 g/mol. The number of aromatic amines is 1. The van der Waals surface area contributed by atoms with Crippen molar-refractivity contribution in [1.82, 2.24) is 14.8 Å². The van der Waals surface area contributed by atoms with E-state index < -0.39 is 0 Å². The number of aryl methyl sites for hydroxylation is 1. The molecule has 4 rings (SSSR count). The van der Waals surface area contributed by atoms with Crippen LogP contribution in [0.25, 0.3) is 0 Å². The third-order valence-electron chi connectivity index (χ3n) is 5.99. The van der Waals surface area contributed by atoms with Crippen LogP contribution in [0.4, 0.5) is 0 Å². The van der Waals surface area contributed by atoms with E-state index in [1.54, 1.807) is 0 Å². The molecule has 1 amide bonds. The minimum Gasteiger partial charge on any atom is -0.378 e. The van der Waals surface area contributed by atoms with Gasteiger partial charge in [0.15, 0.2) is 5.78 Å². The first kappa shape index (κ1) is 18.9. The van der Waals surface area contributed by atoms with Crippen LogP contribution in [0.2, 0.25) is 0 Å². The Morgan fingerprint density at radius 1 is 1.11 bits per heavy atom. The van der Waals surface area contributed by atoms with Gasteiger partial charge in [0.25, 0.3) is 5.91 Å². The quantitative estimate of drug-likeness (QED) is 0.831. The second kappa shape index (κ2) is 7.53. The Labute approximate surface area is 165 Å². The molecule has 1 N–H and O–H groups in total. The van der Waals surface area contributed by atoms with Gasteiger partial charge in [-0.2, -0.15) is 0 Å². The fourth-order valence-electron chi connectivity index (χ4n) is 4.57. The number of fused-ring (bicyclic) bond motifs is 1. The Bertz CT molecular complexity index is 890.